The van der Waals surface area contributed by atoms with Crippen LogP contribution in [-0.2, 0) is 4.79 Å². The number of fused-ring (bicyclic) bond motifs is 4. The van der Waals surface area contributed by atoms with Crippen molar-refractivity contribution >= 4 is 16.9 Å². The van der Waals surface area contributed by atoms with Crippen LogP contribution in [0.15, 0.2) is 79.5 Å². The van der Waals surface area contributed by atoms with E-state index < -0.39 is 18.2 Å². The van der Waals surface area contributed by atoms with Crippen LogP contribution in [0.25, 0.3) is 10.9 Å². The molecule has 0 spiro atoms. The van der Waals surface area contributed by atoms with Crippen molar-refractivity contribution in [3.05, 3.63) is 90.6 Å². The van der Waals surface area contributed by atoms with E-state index in [1.54, 1.807) is 23.1 Å². The minimum atomic E-state index is -1.52. The van der Waals surface area contributed by atoms with Crippen LogP contribution in [0.4, 0.5) is 0 Å². The molecule has 2 bridgehead atoms. The molecule has 6 atom stereocenters. The number of pyridine rings is 1. The quantitative estimate of drug-likeness (QED) is 0.512. The number of carboxylic acid groups (broad SMARTS) is 1. The number of nitrogens with one attached hydrogen (secondary N) is 1. The molecule has 3 N–H and O–H groups in total. The molecule has 0 radical (unpaired) electrons. The number of carboxylic acids is 1. The molecule has 3 fully saturated rings. The van der Waals surface area contributed by atoms with Crippen molar-refractivity contribution in [3.63, 3.8) is 0 Å². The lowest BCUT2D eigenvalue weighted by Gasteiger charge is -2.47. The van der Waals surface area contributed by atoms with Crippen molar-refractivity contribution in [1.29, 1.82) is 0 Å². The van der Waals surface area contributed by atoms with E-state index in [0.29, 0.717) is 23.4 Å². The Balaban J connectivity index is 0.000000200. The lowest BCUT2D eigenvalue weighted by molar-refractivity contribution is -0.949. The number of aliphatic carboxylic acids is 1. The summed E-state index contributed by atoms with van der Waals surface area (Å²) >= 11 is 0. The lowest BCUT2D eigenvalue weighted by atomic mass is 9.73. The van der Waals surface area contributed by atoms with Gasteiger partial charge in [-0.25, -0.2) is 0 Å². The highest BCUT2D eigenvalue weighted by molar-refractivity contribution is 5.82. The molecule has 3 saturated heterocycles. The standard InChI is InChI=1S/C19H22N2O.C8H8O3/c1-2-13-12-21-10-8-14(13)11-18(21)19(22)16-7-9-20-17-6-4-3-5-15(16)17;9-7(8(10)11)6-4-2-1-3-5-6/h2-7,9,13-14,18-19,22H,1,8,10-12H2;1-5,7,9H,(H,10,11). The predicted octanol–water partition coefficient (Wildman–Crippen LogP) is 1.22. The van der Waals surface area contributed by atoms with E-state index >= 15 is 0 Å². The maximum absolute atomic E-state index is 11.0. The van der Waals surface area contributed by atoms with Gasteiger partial charge in [-0.05, 0) is 29.2 Å². The number of piperidine rings is 3. The number of aliphatic hydroxyl groups is 2. The van der Waals surface area contributed by atoms with Gasteiger partial charge in [0.05, 0.1) is 24.6 Å². The first-order valence-electron chi connectivity index (χ1n) is 11.4. The number of carbonyl (C=O) groups excluding carboxylic acids is 1. The van der Waals surface area contributed by atoms with E-state index in [0.717, 1.165) is 29.4 Å². The monoisotopic (exact) mass is 446 g/mol. The summed E-state index contributed by atoms with van der Waals surface area (Å²) in [4.78, 5) is 16.1. The molecular weight excluding hydrogens is 416 g/mol. The van der Waals surface area contributed by atoms with E-state index in [1.807, 2.05) is 30.5 Å². The topological polar surface area (TPSA) is 97.9 Å². The third-order valence-corrected chi connectivity index (χ3v) is 7.04. The molecule has 3 aliphatic heterocycles. The number of nitrogens with zero attached hydrogens (tertiary/aromatic N) is 1. The Morgan fingerprint density at radius 3 is 2.52 bits per heavy atom. The average Bonchev–Trinajstić information content (AvgIpc) is 2.88. The smallest absolute Gasteiger partial charge is 0.131 e. The van der Waals surface area contributed by atoms with Crippen molar-refractivity contribution in [2.75, 3.05) is 13.1 Å². The first kappa shape index (κ1) is 23.1. The fraction of sp³-hybridized carbons (Fsp3) is 0.333. The molecule has 0 aliphatic carbocycles. The summed E-state index contributed by atoms with van der Waals surface area (Å²) in [5, 5.41) is 31.2. The Hall–Kier alpha value is -3.06. The molecular formula is C27H30N2O4. The van der Waals surface area contributed by atoms with Gasteiger partial charge >= 0.3 is 0 Å². The number of aliphatic hydroxyl groups excluding tert-OH is 2. The molecule has 4 heterocycles. The summed E-state index contributed by atoms with van der Waals surface area (Å²) in [6.45, 7) is 6.29. The van der Waals surface area contributed by atoms with E-state index in [1.165, 1.54) is 25.1 Å². The van der Waals surface area contributed by atoms with Gasteiger partial charge < -0.3 is 25.0 Å². The van der Waals surface area contributed by atoms with Gasteiger partial charge in [0.1, 0.15) is 18.2 Å². The van der Waals surface area contributed by atoms with Crippen LogP contribution < -0.4 is 10.0 Å². The van der Waals surface area contributed by atoms with E-state index in [-0.39, 0.29) is 0 Å². The van der Waals surface area contributed by atoms with Crippen LogP contribution in [0.1, 0.15) is 36.2 Å². The second-order valence-electron chi connectivity index (χ2n) is 8.90. The first-order chi connectivity index (χ1) is 16.0. The Morgan fingerprint density at radius 1 is 1.12 bits per heavy atom. The average molecular weight is 447 g/mol. The molecule has 0 saturated carbocycles. The zero-order valence-electron chi connectivity index (χ0n) is 18.5. The van der Waals surface area contributed by atoms with Gasteiger partial charge in [0.25, 0.3) is 0 Å². The second kappa shape index (κ2) is 10.3. The van der Waals surface area contributed by atoms with Gasteiger partial charge in [-0.1, -0.05) is 54.6 Å². The number of carbonyl (C=O) groups is 1. The van der Waals surface area contributed by atoms with Gasteiger partial charge in [-0.3, -0.25) is 4.98 Å². The molecule has 6 unspecified atom stereocenters. The molecule has 6 heteroatoms. The Bertz CT molecular complexity index is 1100. The van der Waals surface area contributed by atoms with Crippen molar-refractivity contribution < 1.29 is 25.0 Å². The fourth-order valence-electron chi connectivity index (χ4n) is 5.27. The second-order valence-corrected chi connectivity index (χ2v) is 8.90. The largest absolute Gasteiger partial charge is 0.547 e. The number of aromatic nitrogens is 1. The number of quaternary nitrogens is 1. The number of hydrogen-bond donors (Lipinski definition) is 3. The highest BCUT2D eigenvalue weighted by Gasteiger charge is 2.45. The normalized spacial score (nSPS) is 25.5. The third-order valence-electron chi connectivity index (χ3n) is 7.04. The van der Waals surface area contributed by atoms with Crippen LogP contribution in [0.5, 0.6) is 0 Å². The zero-order chi connectivity index (χ0) is 23.4. The maximum Gasteiger partial charge on any atom is 0.131 e. The highest BCUT2D eigenvalue weighted by atomic mass is 16.4. The zero-order valence-corrected chi connectivity index (χ0v) is 18.5. The minimum absolute atomic E-state index is 0.306. The van der Waals surface area contributed by atoms with Gasteiger partial charge in [-0.15, -0.1) is 6.58 Å². The molecule has 33 heavy (non-hydrogen) atoms. The van der Waals surface area contributed by atoms with Crippen molar-refractivity contribution in [2.45, 2.75) is 31.1 Å². The van der Waals surface area contributed by atoms with Crippen molar-refractivity contribution in [2.24, 2.45) is 11.8 Å². The van der Waals surface area contributed by atoms with Gasteiger partial charge in [0, 0.05) is 30.3 Å². The molecule has 3 aliphatic rings. The molecule has 0 amide bonds. The van der Waals surface area contributed by atoms with Crippen LogP contribution in [-0.4, -0.2) is 40.3 Å². The number of rotatable bonds is 5. The van der Waals surface area contributed by atoms with Crippen LogP contribution >= 0.6 is 0 Å². The summed E-state index contributed by atoms with van der Waals surface area (Å²) < 4.78 is 0. The molecule has 3 aromatic rings. The summed E-state index contributed by atoms with van der Waals surface area (Å²) in [5.74, 6) is -0.152. The van der Waals surface area contributed by atoms with Crippen molar-refractivity contribution in [3.8, 4) is 0 Å². The molecule has 6 nitrogen and oxygen atoms in total. The van der Waals surface area contributed by atoms with Crippen molar-refractivity contribution in [1.82, 2.24) is 4.98 Å². The molecule has 6 rings (SSSR count). The molecule has 1 aromatic heterocycles. The Kier molecular flexibility index (Phi) is 7.18. The SMILES string of the molecule is C=CC1C[NH+]2CCC1CC2C(O)c1ccnc2ccccc12.O=C([O-])C(O)c1ccccc1. The van der Waals surface area contributed by atoms with E-state index in [4.69, 9.17) is 5.11 Å². The number of para-hydroxylation sites is 1. The third kappa shape index (κ3) is 4.98. The summed E-state index contributed by atoms with van der Waals surface area (Å²) in [7, 11) is 0. The van der Waals surface area contributed by atoms with Crippen LogP contribution in [0.2, 0.25) is 0 Å². The first-order valence-corrected chi connectivity index (χ1v) is 11.4. The Morgan fingerprint density at radius 2 is 1.85 bits per heavy atom. The van der Waals surface area contributed by atoms with Gasteiger partial charge in [0.2, 0.25) is 0 Å². The summed E-state index contributed by atoms with van der Waals surface area (Å²) in [6, 6.07) is 18.5. The minimum Gasteiger partial charge on any atom is -0.547 e. The molecule has 2 aromatic carbocycles. The van der Waals surface area contributed by atoms with Crippen LogP contribution in [0.3, 0.4) is 0 Å². The fourth-order valence-corrected chi connectivity index (χ4v) is 5.27. The van der Waals surface area contributed by atoms with Gasteiger partial charge in [-0.2, -0.15) is 0 Å². The number of benzene rings is 2. The predicted molar refractivity (Wildman–Crippen MR) is 124 cm³/mol. The summed E-state index contributed by atoms with van der Waals surface area (Å²) in [6.07, 6.45) is 4.39. The Labute approximate surface area is 193 Å². The molecule has 172 valence electrons. The summed E-state index contributed by atoms with van der Waals surface area (Å²) in [5.41, 5.74) is 2.34. The maximum atomic E-state index is 11.0. The van der Waals surface area contributed by atoms with Gasteiger partial charge in [0.15, 0.2) is 0 Å². The highest BCUT2D eigenvalue weighted by Crippen LogP contribution is 2.33. The number of hydrogen-bond acceptors (Lipinski definition) is 5. The van der Waals surface area contributed by atoms with E-state index in [9.17, 15) is 15.0 Å². The van der Waals surface area contributed by atoms with Crippen LogP contribution in [0, 0.1) is 11.8 Å². The lowest BCUT2D eigenvalue weighted by Crippen LogP contribution is -3.20. The van der Waals surface area contributed by atoms with E-state index in [2.05, 4.69) is 23.7 Å².